The number of hydrogen-bond donors (Lipinski definition) is 1. The lowest BCUT2D eigenvalue weighted by molar-refractivity contribution is -0.147. The summed E-state index contributed by atoms with van der Waals surface area (Å²) in [4.78, 5) is 1.62. The van der Waals surface area contributed by atoms with Gasteiger partial charge in [0.25, 0.3) is 0 Å². The summed E-state index contributed by atoms with van der Waals surface area (Å²) in [5.74, 6) is 0. The Hall–Kier alpha value is -0.290. The Bertz CT molecular complexity index is 239. The minimum Gasteiger partial charge on any atom is -0.314 e. The van der Waals surface area contributed by atoms with E-state index in [2.05, 4.69) is 19.2 Å². The van der Waals surface area contributed by atoms with Gasteiger partial charge in [-0.2, -0.15) is 13.2 Å². The average Bonchev–Trinajstić information content (AvgIpc) is 3.14. The van der Waals surface area contributed by atoms with E-state index in [1.807, 2.05) is 0 Å². The molecule has 0 aromatic rings. The Morgan fingerprint density at radius 1 is 1.26 bits per heavy atom. The van der Waals surface area contributed by atoms with Crippen molar-refractivity contribution in [2.75, 3.05) is 19.6 Å². The van der Waals surface area contributed by atoms with Crippen molar-refractivity contribution in [3.05, 3.63) is 0 Å². The summed E-state index contributed by atoms with van der Waals surface area (Å²) < 4.78 is 37.4. The normalized spacial score (nSPS) is 18.0. The first-order valence-corrected chi connectivity index (χ1v) is 7.50. The highest BCUT2D eigenvalue weighted by molar-refractivity contribution is 4.85. The average molecular weight is 280 g/mol. The van der Waals surface area contributed by atoms with E-state index in [0.29, 0.717) is 12.6 Å². The molecule has 2 nitrogen and oxygen atoms in total. The Balaban J connectivity index is 2.23. The van der Waals surface area contributed by atoms with Crippen LogP contribution in [0.2, 0.25) is 0 Å². The van der Waals surface area contributed by atoms with Crippen LogP contribution in [0.15, 0.2) is 0 Å². The minimum absolute atomic E-state index is 0.185. The molecule has 0 spiro atoms. The van der Waals surface area contributed by atoms with Crippen molar-refractivity contribution < 1.29 is 13.2 Å². The van der Waals surface area contributed by atoms with Crippen LogP contribution in [0.1, 0.15) is 52.4 Å². The molecule has 1 fully saturated rings. The van der Waals surface area contributed by atoms with Gasteiger partial charge in [-0.05, 0) is 51.6 Å². The van der Waals surface area contributed by atoms with Crippen LogP contribution in [0, 0.1) is 0 Å². The van der Waals surface area contributed by atoms with Crippen LogP contribution in [0.3, 0.4) is 0 Å². The number of alkyl halides is 3. The molecular weight excluding hydrogens is 253 g/mol. The molecule has 0 heterocycles. The van der Waals surface area contributed by atoms with E-state index in [9.17, 15) is 13.2 Å². The van der Waals surface area contributed by atoms with Gasteiger partial charge in [-0.1, -0.05) is 13.8 Å². The van der Waals surface area contributed by atoms with Crippen molar-refractivity contribution >= 4 is 0 Å². The third kappa shape index (κ3) is 7.78. The molecule has 19 heavy (non-hydrogen) atoms. The quantitative estimate of drug-likeness (QED) is 0.658. The molecule has 1 N–H and O–H groups in total. The Kier molecular flexibility index (Phi) is 7.15. The number of rotatable bonds is 10. The zero-order chi connectivity index (χ0) is 14.3. The third-order valence-corrected chi connectivity index (χ3v) is 3.62. The molecule has 0 amide bonds. The van der Waals surface area contributed by atoms with E-state index in [0.717, 1.165) is 45.1 Å². The van der Waals surface area contributed by atoms with Gasteiger partial charge in [-0.25, -0.2) is 0 Å². The summed E-state index contributed by atoms with van der Waals surface area (Å²) in [5, 5.41) is 3.45. The molecular formula is C14H27F3N2. The fourth-order valence-electron chi connectivity index (χ4n) is 2.40. The molecule has 0 aromatic heterocycles. The number of hydrogen-bond acceptors (Lipinski definition) is 2. The zero-order valence-electron chi connectivity index (χ0n) is 12.1. The summed E-state index contributed by atoms with van der Waals surface area (Å²) in [6, 6.07) is 0.636. The molecule has 1 aliphatic rings. The van der Waals surface area contributed by atoms with E-state index in [-0.39, 0.29) is 6.04 Å². The van der Waals surface area contributed by atoms with Crippen LogP contribution in [0.4, 0.5) is 13.2 Å². The van der Waals surface area contributed by atoms with Crippen LogP contribution in [-0.2, 0) is 0 Å². The van der Waals surface area contributed by atoms with Gasteiger partial charge < -0.3 is 5.32 Å². The number of nitrogens with one attached hydrogen (secondary N) is 1. The van der Waals surface area contributed by atoms with Gasteiger partial charge in [-0.3, -0.25) is 4.90 Å². The molecule has 1 unspecified atom stereocenters. The Morgan fingerprint density at radius 2 is 1.95 bits per heavy atom. The van der Waals surface area contributed by atoms with Crippen molar-refractivity contribution in [3.8, 4) is 0 Å². The molecule has 0 saturated heterocycles. The fourth-order valence-corrected chi connectivity index (χ4v) is 2.40. The number of nitrogens with zero attached hydrogens (tertiary/aromatic N) is 1. The van der Waals surface area contributed by atoms with Gasteiger partial charge in [-0.15, -0.1) is 0 Å². The van der Waals surface area contributed by atoms with E-state index in [1.165, 1.54) is 0 Å². The lowest BCUT2D eigenvalue weighted by Crippen LogP contribution is -2.37. The summed E-state index contributed by atoms with van der Waals surface area (Å²) in [5.41, 5.74) is 0. The lowest BCUT2D eigenvalue weighted by Gasteiger charge is -2.24. The predicted molar refractivity (Wildman–Crippen MR) is 72.3 cm³/mol. The molecule has 1 saturated carbocycles. The second-order valence-electron chi connectivity index (χ2n) is 5.52. The predicted octanol–water partition coefficient (Wildman–Crippen LogP) is 3.57. The largest absolute Gasteiger partial charge is 0.401 e. The van der Waals surface area contributed by atoms with Crippen LogP contribution >= 0.6 is 0 Å². The second kappa shape index (κ2) is 8.10. The van der Waals surface area contributed by atoms with Gasteiger partial charge in [0.1, 0.15) is 0 Å². The number of halogens is 3. The molecule has 0 aliphatic heterocycles. The molecule has 1 atom stereocenters. The van der Waals surface area contributed by atoms with Crippen LogP contribution in [-0.4, -0.2) is 42.8 Å². The maximum absolute atomic E-state index is 12.5. The van der Waals surface area contributed by atoms with Gasteiger partial charge in [0.2, 0.25) is 0 Å². The molecule has 1 rings (SSSR count). The highest BCUT2D eigenvalue weighted by atomic mass is 19.4. The van der Waals surface area contributed by atoms with Crippen molar-refractivity contribution in [1.82, 2.24) is 10.2 Å². The lowest BCUT2D eigenvalue weighted by atomic mass is 10.1. The zero-order valence-corrected chi connectivity index (χ0v) is 12.1. The first-order valence-electron chi connectivity index (χ1n) is 7.50. The van der Waals surface area contributed by atoms with E-state index in [4.69, 9.17) is 0 Å². The highest BCUT2D eigenvalue weighted by Crippen LogP contribution is 2.30. The summed E-state index contributed by atoms with van der Waals surface area (Å²) in [7, 11) is 0. The monoisotopic (exact) mass is 280 g/mol. The second-order valence-corrected chi connectivity index (χ2v) is 5.52. The molecule has 0 aromatic carbocycles. The molecule has 5 heteroatoms. The van der Waals surface area contributed by atoms with E-state index in [1.54, 1.807) is 4.90 Å². The first kappa shape index (κ1) is 16.8. The van der Waals surface area contributed by atoms with E-state index < -0.39 is 12.7 Å². The standard InChI is InChI=1S/C14H27F3N2/c1-3-9-18-12(4-2)6-5-10-19(13-7-8-13)11-14(15,16)17/h12-13,18H,3-11H2,1-2H3. The Morgan fingerprint density at radius 3 is 2.42 bits per heavy atom. The molecule has 0 radical (unpaired) electrons. The first-order chi connectivity index (χ1) is 8.96. The van der Waals surface area contributed by atoms with Gasteiger partial charge in [0.15, 0.2) is 0 Å². The highest BCUT2D eigenvalue weighted by Gasteiger charge is 2.37. The van der Waals surface area contributed by atoms with Gasteiger partial charge in [0, 0.05) is 12.1 Å². The van der Waals surface area contributed by atoms with Crippen molar-refractivity contribution in [1.29, 1.82) is 0 Å². The smallest absolute Gasteiger partial charge is 0.314 e. The van der Waals surface area contributed by atoms with Gasteiger partial charge >= 0.3 is 6.18 Å². The summed E-state index contributed by atoms with van der Waals surface area (Å²) in [6.45, 7) is 5.08. The van der Waals surface area contributed by atoms with Crippen LogP contribution in [0.25, 0.3) is 0 Å². The fraction of sp³-hybridized carbons (Fsp3) is 1.00. The third-order valence-electron chi connectivity index (χ3n) is 3.62. The van der Waals surface area contributed by atoms with E-state index >= 15 is 0 Å². The van der Waals surface area contributed by atoms with Gasteiger partial charge in [0.05, 0.1) is 6.54 Å². The summed E-state index contributed by atoms with van der Waals surface area (Å²) in [6.07, 6.45) is 1.76. The molecule has 0 bridgehead atoms. The van der Waals surface area contributed by atoms with Crippen molar-refractivity contribution in [2.24, 2.45) is 0 Å². The molecule has 114 valence electrons. The SMILES string of the molecule is CCCNC(CC)CCCN(CC(F)(F)F)C1CC1. The van der Waals surface area contributed by atoms with Crippen LogP contribution in [0.5, 0.6) is 0 Å². The van der Waals surface area contributed by atoms with Crippen LogP contribution < -0.4 is 5.32 Å². The van der Waals surface area contributed by atoms with Crippen molar-refractivity contribution in [2.45, 2.75) is 70.6 Å². The Labute approximate surface area is 114 Å². The molecule has 1 aliphatic carbocycles. The summed E-state index contributed by atoms with van der Waals surface area (Å²) >= 11 is 0. The maximum atomic E-state index is 12.5. The van der Waals surface area contributed by atoms with Crippen molar-refractivity contribution in [3.63, 3.8) is 0 Å². The minimum atomic E-state index is -4.06. The topological polar surface area (TPSA) is 15.3 Å². The maximum Gasteiger partial charge on any atom is 0.401 e.